The minimum atomic E-state index is 0.634. The molecule has 0 aliphatic rings. The molecule has 1 aromatic heterocycles. The van der Waals surface area contributed by atoms with Crippen molar-refractivity contribution in [2.24, 2.45) is 0 Å². The molecule has 0 radical (unpaired) electrons. The third-order valence-electron chi connectivity index (χ3n) is 2.17. The summed E-state index contributed by atoms with van der Waals surface area (Å²) in [5, 5.41) is 8.42. The van der Waals surface area contributed by atoms with Crippen LogP contribution in [-0.2, 0) is 6.54 Å². The first-order valence-corrected chi connectivity index (χ1v) is 4.98. The molecule has 0 bridgehead atoms. The average molecular weight is 192 g/mol. The highest BCUT2D eigenvalue weighted by Gasteiger charge is 2.04. The van der Waals surface area contributed by atoms with Gasteiger partial charge < -0.3 is 4.42 Å². The van der Waals surface area contributed by atoms with E-state index in [0.29, 0.717) is 6.42 Å². The molecule has 0 aliphatic carbocycles. The molecule has 0 fully saturated rings. The van der Waals surface area contributed by atoms with Crippen LogP contribution in [0.4, 0.5) is 0 Å². The molecule has 1 rings (SSSR count). The maximum absolute atomic E-state index is 8.42. The van der Waals surface area contributed by atoms with Gasteiger partial charge in [0.05, 0.1) is 18.9 Å². The number of hydrogen-bond acceptors (Lipinski definition) is 3. The summed E-state index contributed by atoms with van der Waals surface area (Å²) in [6.45, 7) is 4.92. The number of furan rings is 1. The van der Waals surface area contributed by atoms with Gasteiger partial charge >= 0.3 is 0 Å². The molecule has 0 aromatic carbocycles. The van der Waals surface area contributed by atoms with Crippen molar-refractivity contribution in [3.05, 3.63) is 24.2 Å². The third kappa shape index (κ3) is 3.63. The van der Waals surface area contributed by atoms with Crippen LogP contribution in [0.1, 0.15) is 25.5 Å². The quantitative estimate of drug-likeness (QED) is 0.650. The minimum absolute atomic E-state index is 0.634. The van der Waals surface area contributed by atoms with Crippen LogP contribution < -0.4 is 0 Å². The minimum Gasteiger partial charge on any atom is -0.468 e. The lowest BCUT2D eigenvalue weighted by atomic mass is 10.3. The molecular weight excluding hydrogens is 176 g/mol. The van der Waals surface area contributed by atoms with Gasteiger partial charge in [0.1, 0.15) is 5.76 Å². The zero-order valence-electron chi connectivity index (χ0n) is 8.57. The van der Waals surface area contributed by atoms with Gasteiger partial charge in [0.25, 0.3) is 0 Å². The van der Waals surface area contributed by atoms with Gasteiger partial charge in [-0.25, -0.2) is 0 Å². The molecule has 0 saturated carbocycles. The Kier molecular flexibility index (Phi) is 4.81. The number of hydrogen-bond donors (Lipinski definition) is 0. The SMILES string of the molecule is CCN(CCCC#N)Cc1ccco1. The zero-order chi connectivity index (χ0) is 10.2. The van der Waals surface area contributed by atoms with Crippen molar-refractivity contribution < 1.29 is 4.42 Å². The fourth-order valence-corrected chi connectivity index (χ4v) is 1.35. The van der Waals surface area contributed by atoms with Crippen LogP contribution in [0.2, 0.25) is 0 Å². The second-order valence-corrected chi connectivity index (χ2v) is 3.21. The Hall–Kier alpha value is -1.27. The van der Waals surface area contributed by atoms with E-state index in [2.05, 4.69) is 17.9 Å². The van der Waals surface area contributed by atoms with Crippen molar-refractivity contribution in [2.75, 3.05) is 13.1 Å². The van der Waals surface area contributed by atoms with E-state index in [-0.39, 0.29) is 0 Å². The van der Waals surface area contributed by atoms with Crippen molar-refractivity contribution in [1.82, 2.24) is 4.90 Å². The molecular formula is C11H16N2O. The van der Waals surface area contributed by atoms with Gasteiger partial charge in [0.2, 0.25) is 0 Å². The van der Waals surface area contributed by atoms with Crippen molar-refractivity contribution in [2.45, 2.75) is 26.3 Å². The topological polar surface area (TPSA) is 40.2 Å². The first-order chi connectivity index (χ1) is 6.86. The molecule has 0 unspecified atom stereocenters. The summed E-state index contributed by atoms with van der Waals surface area (Å²) >= 11 is 0. The summed E-state index contributed by atoms with van der Waals surface area (Å²) in [6.07, 6.45) is 3.26. The molecule has 14 heavy (non-hydrogen) atoms. The molecule has 3 nitrogen and oxygen atoms in total. The molecule has 3 heteroatoms. The van der Waals surface area contributed by atoms with Crippen LogP contribution in [-0.4, -0.2) is 18.0 Å². The molecule has 0 aliphatic heterocycles. The van der Waals surface area contributed by atoms with Crippen LogP contribution >= 0.6 is 0 Å². The van der Waals surface area contributed by atoms with E-state index in [0.717, 1.165) is 31.8 Å². The Morgan fingerprint density at radius 3 is 3.00 bits per heavy atom. The van der Waals surface area contributed by atoms with E-state index in [1.807, 2.05) is 12.1 Å². The van der Waals surface area contributed by atoms with Crippen LogP contribution in [0.3, 0.4) is 0 Å². The second-order valence-electron chi connectivity index (χ2n) is 3.21. The first-order valence-electron chi connectivity index (χ1n) is 4.98. The van der Waals surface area contributed by atoms with E-state index < -0.39 is 0 Å². The van der Waals surface area contributed by atoms with Crippen LogP contribution in [0, 0.1) is 11.3 Å². The summed E-state index contributed by atoms with van der Waals surface area (Å²) in [6, 6.07) is 6.04. The van der Waals surface area contributed by atoms with Gasteiger partial charge in [-0.1, -0.05) is 6.92 Å². The molecule has 0 atom stereocenters. The number of rotatable bonds is 6. The van der Waals surface area contributed by atoms with E-state index in [4.69, 9.17) is 9.68 Å². The van der Waals surface area contributed by atoms with Gasteiger partial charge in [-0.15, -0.1) is 0 Å². The second kappa shape index (κ2) is 6.22. The molecule has 1 heterocycles. The molecule has 0 saturated heterocycles. The van der Waals surface area contributed by atoms with Gasteiger partial charge in [0, 0.05) is 6.42 Å². The van der Waals surface area contributed by atoms with Gasteiger partial charge in [0.15, 0.2) is 0 Å². The number of unbranched alkanes of at least 4 members (excludes halogenated alkanes) is 1. The summed E-state index contributed by atoms with van der Waals surface area (Å²) in [5.74, 6) is 0.990. The molecule has 0 spiro atoms. The predicted octanol–water partition coefficient (Wildman–Crippen LogP) is 2.41. The number of nitriles is 1. The van der Waals surface area contributed by atoms with Crippen molar-refractivity contribution in [1.29, 1.82) is 5.26 Å². The third-order valence-corrected chi connectivity index (χ3v) is 2.17. The normalized spacial score (nSPS) is 10.4. The smallest absolute Gasteiger partial charge is 0.117 e. The highest BCUT2D eigenvalue weighted by Crippen LogP contribution is 2.05. The summed E-state index contributed by atoms with van der Waals surface area (Å²) in [7, 11) is 0. The summed E-state index contributed by atoms with van der Waals surface area (Å²) < 4.78 is 5.27. The molecule has 76 valence electrons. The lowest BCUT2D eigenvalue weighted by molar-refractivity contribution is 0.254. The highest BCUT2D eigenvalue weighted by molar-refractivity contribution is 4.97. The molecule has 1 aromatic rings. The van der Waals surface area contributed by atoms with Crippen molar-refractivity contribution in [3.8, 4) is 6.07 Å². The summed E-state index contributed by atoms with van der Waals surface area (Å²) in [4.78, 5) is 2.27. The van der Waals surface area contributed by atoms with E-state index >= 15 is 0 Å². The Morgan fingerprint density at radius 2 is 2.43 bits per heavy atom. The Morgan fingerprint density at radius 1 is 1.57 bits per heavy atom. The summed E-state index contributed by atoms with van der Waals surface area (Å²) in [5.41, 5.74) is 0. The first kappa shape index (κ1) is 10.8. The van der Waals surface area contributed by atoms with Gasteiger partial charge in [-0.3, -0.25) is 4.90 Å². The van der Waals surface area contributed by atoms with Crippen LogP contribution in [0.5, 0.6) is 0 Å². The maximum atomic E-state index is 8.42. The van der Waals surface area contributed by atoms with Crippen molar-refractivity contribution >= 4 is 0 Å². The molecule has 0 amide bonds. The fraction of sp³-hybridized carbons (Fsp3) is 0.545. The predicted molar refractivity (Wildman–Crippen MR) is 54.5 cm³/mol. The maximum Gasteiger partial charge on any atom is 0.117 e. The fourth-order valence-electron chi connectivity index (χ4n) is 1.35. The van der Waals surface area contributed by atoms with E-state index in [9.17, 15) is 0 Å². The van der Waals surface area contributed by atoms with Crippen molar-refractivity contribution in [3.63, 3.8) is 0 Å². The van der Waals surface area contributed by atoms with E-state index in [1.165, 1.54) is 0 Å². The molecule has 0 N–H and O–H groups in total. The van der Waals surface area contributed by atoms with Crippen LogP contribution in [0.15, 0.2) is 22.8 Å². The van der Waals surface area contributed by atoms with Crippen LogP contribution in [0.25, 0.3) is 0 Å². The Labute approximate surface area is 84.9 Å². The average Bonchev–Trinajstić information content (AvgIpc) is 2.69. The Balaban J connectivity index is 2.29. The lowest BCUT2D eigenvalue weighted by Gasteiger charge is -2.17. The monoisotopic (exact) mass is 192 g/mol. The largest absolute Gasteiger partial charge is 0.468 e. The van der Waals surface area contributed by atoms with Gasteiger partial charge in [-0.2, -0.15) is 5.26 Å². The van der Waals surface area contributed by atoms with Gasteiger partial charge in [-0.05, 0) is 31.6 Å². The highest BCUT2D eigenvalue weighted by atomic mass is 16.3. The Bertz CT molecular complexity index is 274. The zero-order valence-corrected chi connectivity index (χ0v) is 8.57. The number of nitrogens with zero attached hydrogens (tertiary/aromatic N) is 2. The lowest BCUT2D eigenvalue weighted by Crippen LogP contribution is -2.23. The van der Waals surface area contributed by atoms with E-state index in [1.54, 1.807) is 6.26 Å². The standard InChI is InChI=1S/C11H16N2O/c1-2-13(8-4-3-7-12)10-11-6-5-9-14-11/h5-6,9H,2-4,8,10H2,1H3.